The number of rotatable bonds is 4. The molecule has 2 fully saturated rings. The van der Waals surface area contributed by atoms with Gasteiger partial charge >= 0.3 is 5.97 Å². The van der Waals surface area contributed by atoms with Gasteiger partial charge in [0.05, 0.1) is 25.6 Å². The highest BCUT2D eigenvalue weighted by atomic mass is 16.6. The fourth-order valence-corrected chi connectivity index (χ4v) is 5.00. The first kappa shape index (κ1) is 21.3. The zero-order chi connectivity index (χ0) is 24.1. The molecular formula is C24H22N6O5. The molecule has 2 unspecified atom stereocenters. The van der Waals surface area contributed by atoms with Gasteiger partial charge in [0.1, 0.15) is 29.2 Å². The number of nitrogens with one attached hydrogen (secondary N) is 1. The van der Waals surface area contributed by atoms with E-state index in [1.165, 1.54) is 13.3 Å². The molecular weight excluding hydrogens is 452 g/mol. The lowest BCUT2D eigenvalue weighted by Crippen LogP contribution is -2.45. The normalized spacial score (nSPS) is 20.7. The standard InChI is InChI=1S/C24H22N6O5/c1-34-20-13(9-18(31)30-12-15-10-17(30)23(33)35-15)4-5-16-19(20)27-24(29-8-7-26-21(16)29)28-22(32)14-3-2-6-25-11-14/h2-6,11,15,17,26H,7-10,12H2,1H3. The Kier molecular flexibility index (Phi) is 4.97. The maximum Gasteiger partial charge on any atom is 0.329 e. The molecule has 1 N–H and O–H groups in total. The fourth-order valence-electron chi connectivity index (χ4n) is 5.00. The van der Waals surface area contributed by atoms with Crippen LogP contribution in [0.4, 0.5) is 5.82 Å². The van der Waals surface area contributed by atoms with Crippen LogP contribution in [0.2, 0.25) is 0 Å². The monoisotopic (exact) mass is 474 g/mol. The largest absolute Gasteiger partial charge is 0.494 e. The van der Waals surface area contributed by atoms with Gasteiger partial charge in [-0.2, -0.15) is 4.99 Å². The molecule has 1 aromatic carbocycles. The first-order chi connectivity index (χ1) is 17.0. The smallest absolute Gasteiger partial charge is 0.329 e. The van der Waals surface area contributed by atoms with Crippen molar-refractivity contribution < 1.29 is 23.9 Å². The van der Waals surface area contributed by atoms with Crippen LogP contribution in [0.3, 0.4) is 0 Å². The van der Waals surface area contributed by atoms with E-state index in [2.05, 4.69) is 20.3 Å². The first-order valence-electron chi connectivity index (χ1n) is 11.4. The third-order valence-corrected chi connectivity index (χ3v) is 6.61. The molecule has 0 aliphatic carbocycles. The second-order valence-corrected chi connectivity index (χ2v) is 8.68. The van der Waals surface area contributed by atoms with E-state index in [1.807, 2.05) is 16.7 Å². The van der Waals surface area contributed by atoms with Gasteiger partial charge in [0, 0.05) is 42.9 Å². The Morgan fingerprint density at radius 2 is 2.20 bits per heavy atom. The number of fused-ring (bicyclic) bond motifs is 5. The molecule has 5 heterocycles. The van der Waals surface area contributed by atoms with E-state index in [1.54, 1.807) is 23.2 Å². The Balaban J connectivity index is 1.41. The highest BCUT2D eigenvalue weighted by molar-refractivity contribution is 5.97. The number of aromatic nitrogens is 3. The lowest BCUT2D eigenvalue weighted by atomic mass is 10.1. The Hall–Kier alpha value is -4.28. The SMILES string of the molecule is COc1c(CC(=O)N2CC3CC2C(=O)O3)ccc2c3n(c(=NC(=O)c4cccnc4)nc12)CCN3. The number of carbonyl (C=O) groups is 3. The van der Waals surface area contributed by atoms with E-state index < -0.39 is 11.9 Å². The number of amides is 2. The Morgan fingerprint density at radius 3 is 2.94 bits per heavy atom. The number of benzene rings is 1. The molecule has 3 aliphatic rings. The topological polar surface area (TPSA) is 128 Å². The molecule has 2 aromatic heterocycles. The van der Waals surface area contributed by atoms with E-state index in [-0.39, 0.29) is 30.0 Å². The van der Waals surface area contributed by atoms with Gasteiger partial charge in [-0.3, -0.25) is 19.1 Å². The number of methoxy groups -OCH3 is 1. The van der Waals surface area contributed by atoms with Crippen molar-refractivity contribution in [3.05, 3.63) is 53.4 Å². The summed E-state index contributed by atoms with van der Waals surface area (Å²) in [5.74, 6) is 0.253. The lowest BCUT2D eigenvalue weighted by Gasteiger charge is -2.26. The molecule has 178 valence electrons. The number of likely N-dealkylation sites (tertiary alicyclic amines) is 1. The molecule has 0 saturated carbocycles. The molecule has 2 saturated heterocycles. The van der Waals surface area contributed by atoms with Crippen molar-refractivity contribution in [2.24, 2.45) is 4.99 Å². The number of anilines is 1. The molecule has 3 aromatic rings. The third-order valence-electron chi connectivity index (χ3n) is 6.61. The minimum atomic E-state index is -0.509. The number of nitrogens with zero attached hydrogens (tertiary/aromatic N) is 5. The summed E-state index contributed by atoms with van der Waals surface area (Å²) in [5.41, 5.74) is 1.74. The van der Waals surface area contributed by atoms with Crippen LogP contribution in [0, 0.1) is 0 Å². The van der Waals surface area contributed by atoms with E-state index in [4.69, 9.17) is 9.47 Å². The summed E-state index contributed by atoms with van der Waals surface area (Å²) in [6, 6.07) is 6.53. The number of hydrogen-bond acceptors (Lipinski definition) is 8. The molecule has 3 aliphatic heterocycles. The Bertz CT molecular complexity index is 1450. The second-order valence-electron chi connectivity index (χ2n) is 8.68. The van der Waals surface area contributed by atoms with Crippen molar-refractivity contribution >= 4 is 34.5 Å². The van der Waals surface area contributed by atoms with Gasteiger partial charge < -0.3 is 19.7 Å². The summed E-state index contributed by atoms with van der Waals surface area (Å²) in [7, 11) is 1.52. The number of ether oxygens (including phenoxy) is 2. The number of esters is 1. The molecule has 0 radical (unpaired) electrons. The van der Waals surface area contributed by atoms with Crippen molar-refractivity contribution in [3.8, 4) is 5.75 Å². The fraction of sp³-hybridized carbons (Fsp3) is 0.333. The van der Waals surface area contributed by atoms with Gasteiger partial charge in [-0.25, -0.2) is 9.78 Å². The summed E-state index contributed by atoms with van der Waals surface area (Å²) in [6.07, 6.45) is 3.43. The Morgan fingerprint density at radius 1 is 1.31 bits per heavy atom. The van der Waals surface area contributed by atoms with E-state index in [9.17, 15) is 14.4 Å². The second kappa shape index (κ2) is 8.19. The van der Waals surface area contributed by atoms with Gasteiger partial charge in [-0.05, 0) is 18.2 Å². The zero-order valence-corrected chi connectivity index (χ0v) is 18.9. The van der Waals surface area contributed by atoms with Gasteiger partial charge in [0.15, 0.2) is 0 Å². The Labute approximate surface area is 199 Å². The molecule has 2 atom stereocenters. The van der Waals surface area contributed by atoms with Crippen LogP contribution in [0.5, 0.6) is 5.75 Å². The number of pyridine rings is 1. The van der Waals surface area contributed by atoms with E-state index in [0.717, 1.165) is 11.2 Å². The zero-order valence-electron chi connectivity index (χ0n) is 18.9. The summed E-state index contributed by atoms with van der Waals surface area (Å²) < 4.78 is 12.8. The van der Waals surface area contributed by atoms with Crippen LogP contribution in [0.25, 0.3) is 10.9 Å². The van der Waals surface area contributed by atoms with Crippen LogP contribution in [-0.2, 0) is 27.3 Å². The summed E-state index contributed by atoms with van der Waals surface area (Å²) in [5, 5.41) is 4.13. The van der Waals surface area contributed by atoms with Crippen LogP contribution in [-0.4, -0.2) is 69.6 Å². The van der Waals surface area contributed by atoms with Crippen molar-refractivity contribution in [2.45, 2.75) is 31.5 Å². The van der Waals surface area contributed by atoms with Crippen molar-refractivity contribution in [2.75, 3.05) is 25.5 Å². The predicted octanol–water partition coefficient (Wildman–Crippen LogP) is 0.675. The minimum absolute atomic E-state index is 0.0516. The van der Waals surface area contributed by atoms with Crippen LogP contribution in [0.1, 0.15) is 22.3 Å². The van der Waals surface area contributed by atoms with Crippen LogP contribution >= 0.6 is 0 Å². The maximum absolute atomic E-state index is 13.1. The molecule has 0 spiro atoms. The summed E-state index contributed by atoms with van der Waals surface area (Å²) in [6.45, 7) is 1.69. The average molecular weight is 474 g/mol. The van der Waals surface area contributed by atoms with E-state index >= 15 is 0 Å². The first-order valence-corrected chi connectivity index (χ1v) is 11.4. The van der Waals surface area contributed by atoms with Crippen molar-refractivity contribution in [3.63, 3.8) is 0 Å². The number of hydrogen-bond donors (Lipinski definition) is 1. The molecule has 2 amide bonds. The number of morpholine rings is 1. The molecule has 11 heteroatoms. The third kappa shape index (κ3) is 3.50. The van der Waals surface area contributed by atoms with Gasteiger partial charge in [0.2, 0.25) is 11.5 Å². The summed E-state index contributed by atoms with van der Waals surface area (Å²) >= 11 is 0. The quantitative estimate of drug-likeness (QED) is 0.547. The molecule has 35 heavy (non-hydrogen) atoms. The van der Waals surface area contributed by atoms with Crippen molar-refractivity contribution in [1.29, 1.82) is 0 Å². The average Bonchev–Trinajstić information content (AvgIpc) is 3.60. The minimum Gasteiger partial charge on any atom is -0.494 e. The van der Waals surface area contributed by atoms with Gasteiger partial charge in [0.25, 0.3) is 5.91 Å². The highest BCUT2D eigenvalue weighted by Gasteiger charge is 2.48. The molecule has 11 nitrogen and oxygen atoms in total. The lowest BCUT2D eigenvalue weighted by molar-refractivity contribution is -0.156. The predicted molar refractivity (Wildman–Crippen MR) is 123 cm³/mol. The number of carbonyl (C=O) groups excluding carboxylic acids is 3. The maximum atomic E-state index is 13.1. The van der Waals surface area contributed by atoms with Crippen LogP contribution in [0.15, 0.2) is 41.7 Å². The summed E-state index contributed by atoms with van der Waals surface area (Å²) in [4.78, 5) is 52.3. The molecule has 2 bridgehead atoms. The van der Waals surface area contributed by atoms with Crippen LogP contribution < -0.4 is 15.7 Å². The van der Waals surface area contributed by atoms with Gasteiger partial charge in [-0.15, -0.1) is 0 Å². The highest BCUT2D eigenvalue weighted by Crippen LogP contribution is 2.34. The molecule has 6 rings (SSSR count). The van der Waals surface area contributed by atoms with E-state index in [0.29, 0.717) is 48.4 Å². The van der Waals surface area contributed by atoms with Gasteiger partial charge in [-0.1, -0.05) is 6.07 Å². The van der Waals surface area contributed by atoms with Crippen molar-refractivity contribution in [1.82, 2.24) is 19.4 Å².